The molecule has 0 aromatic rings. The van der Waals surface area contributed by atoms with Gasteiger partial charge in [-0.25, -0.2) is 0 Å². The fourth-order valence-corrected chi connectivity index (χ4v) is 0.744. The standard InChI is InChI=1S/C6H10F3NO3/c7-6(8,9)2-3(11)1-4(10)5(12)13/h3-4,11H,1-2,10H2,(H,12,13). The fourth-order valence-electron chi connectivity index (χ4n) is 0.744. The molecule has 0 rings (SSSR count). The van der Waals surface area contributed by atoms with E-state index in [0.29, 0.717) is 0 Å². The summed E-state index contributed by atoms with van der Waals surface area (Å²) in [4.78, 5) is 10.1. The van der Waals surface area contributed by atoms with E-state index in [4.69, 9.17) is 15.9 Å². The summed E-state index contributed by atoms with van der Waals surface area (Å²) in [6.07, 6.45) is -8.30. The maximum atomic E-state index is 11.6. The van der Waals surface area contributed by atoms with Crippen LogP contribution < -0.4 is 5.73 Å². The second kappa shape index (κ2) is 4.43. The van der Waals surface area contributed by atoms with Crippen molar-refractivity contribution in [3.8, 4) is 0 Å². The van der Waals surface area contributed by atoms with E-state index in [1.807, 2.05) is 0 Å². The second-order valence-electron chi connectivity index (χ2n) is 2.65. The minimum absolute atomic E-state index is 0.602. The number of carbonyl (C=O) groups is 1. The van der Waals surface area contributed by atoms with Gasteiger partial charge in [0.1, 0.15) is 6.04 Å². The van der Waals surface area contributed by atoms with Crippen molar-refractivity contribution < 1.29 is 28.2 Å². The molecule has 0 radical (unpaired) electrons. The first-order chi connectivity index (χ1) is 5.72. The van der Waals surface area contributed by atoms with Crippen molar-refractivity contribution in [1.29, 1.82) is 0 Å². The summed E-state index contributed by atoms with van der Waals surface area (Å²) in [5.41, 5.74) is 4.91. The van der Waals surface area contributed by atoms with Gasteiger partial charge in [0.25, 0.3) is 0 Å². The molecular weight excluding hydrogens is 191 g/mol. The smallest absolute Gasteiger partial charge is 0.391 e. The van der Waals surface area contributed by atoms with Gasteiger partial charge in [0.15, 0.2) is 0 Å². The number of aliphatic hydroxyl groups excluding tert-OH is 1. The van der Waals surface area contributed by atoms with E-state index in [1.165, 1.54) is 0 Å². The monoisotopic (exact) mass is 201 g/mol. The number of halogens is 3. The molecule has 0 aliphatic rings. The summed E-state index contributed by atoms with van der Waals surface area (Å²) in [6.45, 7) is 0. The van der Waals surface area contributed by atoms with Crippen molar-refractivity contribution in [2.45, 2.75) is 31.2 Å². The zero-order valence-corrected chi connectivity index (χ0v) is 6.58. The largest absolute Gasteiger partial charge is 0.480 e. The first-order valence-electron chi connectivity index (χ1n) is 3.45. The number of nitrogens with two attached hydrogens (primary N) is 1. The van der Waals surface area contributed by atoms with E-state index in [1.54, 1.807) is 0 Å². The van der Waals surface area contributed by atoms with Crippen LogP contribution in [0, 0.1) is 0 Å². The highest BCUT2D eigenvalue weighted by atomic mass is 19.4. The summed E-state index contributed by atoms with van der Waals surface area (Å²) in [7, 11) is 0. The maximum Gasteiger partial charge on any atom is 0.391 e. The number of carboxylic acid groups (broad SMARTS) is 1. The average molecular weight is 201 g/mol. The van der Waals surface area contributed by atoms with Crippen LogP contribution in [-0.2, 0) is 4.79 Å². The molecule has 4 nitrogen and oxygen atoms in total. The van der Waals surface area contributed by atoms with Gasteiger partial charge in [-0.3, -0.25) is 4.79 Å². The molecule has 2 unspecified atom stereocenters. The Bertz CT molecular complexity index is 182. The minimum atomic E-state index is -4.50. The van der Waals surface area contributed by atoms with Crippen LogP contribution in [0.4, 0.5) is 13.2 Å². The van der Waals surface area contributed by atoms with E-state index in [-0.39, 0.29) is 0 Å². The van der Waals surface area contributed by atoms with Crippen molar-refractivity contribution in [2.24, 2.45) is 5.73 Å². The van der Waals surface area contributed by atoms with Crippen molar-refractivity contribution >= 4 is 5.97 Å². The van der Waals surface area contributed by atoms with Gasteiger partial charge >= 0.3 is 12.1 Å². The number of carboxylic acids is 1. The molecule has 0 spiro atoms. The van der Waals surface area contributed by atoms with Crippen LogP contribution in [0.1, 0.15) is 12.8 Å². The molecule has 2 atom stereocenters. The number of hydrogen-bond donors (Lipinski definition) is 3. The highest BCUT2D eigenvalue weighted by Gasteiger charge is 2.32. The van der Waals surface area contributed by atoms with E-state index in [9.17, 15) is 18.0 Å². The third-order valence-corrected chi connectivity index (χ3v) is 1.31. The Labute approximate surface area is 72.2 Å². The van der Waals surface area contributed by atoms with E-state index in [0.717, 1.165) is 0 Å². The Hall–Kier alpha value is -0.820. The van der Waals surface area contributed by atoms with Gasteiger partial charge in [-0.2, -0.15) is 13.2 Å². The highest BCUT2D eigenvalue weighted by Crippen LogP contribution is 2.22. The van der Waals surface area contributed by atoms with Crippen LogP contribution in [0.25, 0.3) is 0 Å². The molecule has 0 aromatic carbocycles. The van der Waals surface area contributed by atoms with Gasteiger partial charge in [0.05, 0.1) is 12.5 Å². The normalized spacial score (nSPS) is 16.7. The van der Waals surface area contributed by atoms with Crippen molar-refractivity contribution in [1.82, 2.24) is 0 Å². The predicted molar refractivity (Wildman–Crippen MR) is 36.9 cm³/mol. The van der Waals surface area contributed by atoms with Gasteiger partial charge in [0, 0.05) is 0 Å². The lowest BCUT2D eigenvalue weighted by Crippen LogP contribution is -2.35. The summed E-state index contributed by atoms with van der Waals surface area (Å²) < 4.78 is 34.8. The molecule has 0 aromatic heterocycles. The second-order valence-corrected chi connectivity index (χ2v) is 2.65. The van der Waals surface area contributed by atoms with Crippen LogP contribution in [-0.4, -0.2) is 34.5 Å². The molecule has 13 heavy (non-hydrogen) atoms. The summed E-state index contributed by atoms with van der Waals surface area (Å²) in [5, 5.41) is 17.0. The lowest BCUT2D eigenvalue weighted by atomic mass is 10.1. The molecule has 0 bridgehead atoms. The Morgan fingerprint density at radius 1 is 1.46 bits per heavy atom. The average Bonchev–Trinajstić information content (AvgIpc) is 1.81. The number of alkyl halides is 3. The number of hydrogen-bond acceptors (Lipinski definition) is 3. The summed E-state index contributed by atoms with van der Waals surface area (Å²) >= 11 is 0. The SMILES string of the molecule is NC(CC(O)CC(F)(F)F)C(=O)O. The molecule has 7 heteroatoms. The first kappa shape index (κ1) is 12.2. The fraction of sp³-hybridized carbons (Fsp3) is 0.833. The Balaban J connectivity index is 3.88. The lowest BCUT2D eigenvalue weighted by Gasteiger charge is -2.14. The van der Waals surface area contributed by atoms with Gasteiger partial charge in [-0.05, 0) is 6.42 Å². The van der Waals surface area contributed by atoms with Crippen LogP contribution >= 0.6 is 0 Å². The number of rotatable bonds is 4. The molecule has 0 aliphatic carbocycles. The van der Waals surface area contributed by atoms with Crippen LogP contribution in [0.2, 0.25) is 0 Å². The van der Waals surface area contributed by atoms with Gasteiger partial charge in [0.2, 0.25) is 0 Å². The van der Waals surface area contributed by atoms with Gasteiger partial charge < -0.3 is 15.9 Å². The van der Waals surface area contributed by atoms with E-state index < -0.39 is 37.1 Å². The summed E-state index contributed by atoms with van der Waals surface area (Å²) in [5.74, 6) is -1.43. The van der Waals surface area contributed by atoms with E-state index >= 15 is 0 Å². The number of aliphatic hydroxyl groups is 1. The summed E-state index contributed by atoms with van der Waals surface area (Å²) in [6, 6.07) is -1.46. The molecule has 0 saturated carbocycles. The van der Waals surface area contributed by atoms with Crippen LogP contribution in [0.15, 0.2) is 0 Å². The minimum Gasteiger partial charge on any atom is -0.480 e. The quantitative estimate of drug-likeness (QED) is 0.602. The third kappa shape index (κ3) is 6.35. The van der Waals surface area contributed by atoms with Crippen LogP contribution in [0.3, 0.4) is 0 Å². The molecule has 0 amide bonds. The van der Waals surface area contributed by atoms with Gasteiger partial charge in [-0.1, -0.05) is 0 Å². The third-order valence-electron chi connectivity index (χ3n) is 1.31. The van der Waals surface area contributed by atoms with E-state index in [2.05, 4.69) is 0 Å². The Morgan fingerprint density at radius 3 is 2.23 bits per heavy atom. The Kier molecular flexibility index (Phi) is 4.15. The molecular formula is C6H10F3NO3. The Morgan fingerprint density at radius 2 is 1.92 bits per heavy atom. The topological polar surface area (TPSA) is 83.5 Å². The molecule has 78 valence electrons. The maximum absolute atomic E-state index is 11.6. The first-order valence-corrected chi connectivity index (χ1v) is 3.45. The van der Waals surface area contributed by atoms with Crippen molar-refractivity contribution in [2.75, 3.05) is 0 Å². The highest BCUT2D eigenvalue weighted by molar-refractivity contribution is 5.73. The molecule has 0 heterocycles. The molecule has 0 fully saturated rings. The molecule has 0 saturated heterocycles. The zero-order chi connectivity index (χ0) is 10.6. The van der Waals surface area contributed by atoms with Crippen molar-refractivity contribution in [3.63, 3.8) is 0 Å². The lowest BCUT2D eigenvalue weighted by molar-refractivity contribution is -0.157. The van der Waals surface area contributed by atoms with Crippen molar-refractivity contribution in [3.05, 3.63) is 0 Å². The van der Waals surface area contributed by atoms with Crippen LogP contribution in [0.5, 0.6) is 0 Å². The predicted octanol–water partition coefficient (Wildman–Crippen LogP) is 0.102. The molecule has 0 aliphatic heterocycles. The van der Waals surface area contributed by atoms with Gasteiger partial charge in [-0.15, -0.1) is 0 Å². The number of aliphatic carboxylic acids is 1. The molecule has 4 N–H and O–H groups in total. The zero-order valence-electron chi connectivity index (χ0n) is 6.58.